The molecule has 1 heterocycles. The summed E-state index contributed by atoms with van der Waals surface area (Å²) in [5, 5.41) is 18.3. The highest BCUT2D eigenvalue weighted by Gasteiger charge is 2.27. The molecule has 2 rings (SSSR count). The summed E-state index contributed by atoms with van der Waals surface area (Å²) in [4.78, 5) is 26.8. The van der Waals surface area contributed by atoms with Crippen LogP contribution in [0.25, 0.3) is 0 Å². The van der Waals surface area contributed by atoms with Gasteiger partial charge >= 0.3 is 12.0 Å². The Kier molecular flexibility index (Phi) is 5.13. The van der Waals surface area contributed by atoms with E-state index in [1.54, 1.807) is 6.92 Å². The third kappa shape index (κ3) is 4.73. The van der Waals surface area contributed by atoms with E-state index in [1.807, 2.05) is 0 Å². The molecule has 2 amide bonds. The predicted octanol–water partition coefficient (Wildman–Crippen LogP) is 0.863. The molecule has 0 radical (unpaired) electrons. The Balaban J connectivity index is 1.68. The molecule has 0 spiro atoms. The lowest BCUT2D eigenvalue weighted by Gasteiger charge is -2.27. The highest BCUT2D eigenvalue weighted by Crippen LogP contribution is 2.24. The molecule has 0 aliphatic heterocycles. The lowest BCUT2D eigenvalue weighted by molar-refractivity contribution is -0.143. The minimum absolute atomic E-state index is 0.0766. The number of carboxylic acid groups (broad SMARTS) is 1. The van der Waals surface area contributed by atoms with Crippen molar-refractivity contribution in [3.05, 3.63) is 11.7 Å². The maximum Gasteiger partial charge on any atom is 0.315 e. The van der Waals surface area contributed by atoms with Gasteiger partial charge in [-0.2, -0.15) is 4.98 Å². The van der Waals surface area contributed by atoms with Crippen LogP contribution >= 0.6 is 0 Å². The number of nitrogens with zero attached hydrogens (tertiary/aromatic N) is 2. The molecular formula is C13H20N4O4. The Bertz CT molecular complexity index is 502. The fourth-order valence-electron chi connectivity index (χ4n) is 2.51. The van der Waals surface area contributed by atoms with E-state index in [0.29, 0.717) is 37.5 Å². The smallest absolute Gasteiger partial charge is 0.315 e. The van der Waals surface area contributed by atoms with Crippen molar-refractivity contribution in [1.82, 2.24) is 20.8 Å². The molecule has 21 heavy (non-hydrogen) atoms. The molecule has 0 bridgehead atoms. The first-order valence-electron chi connectivity index (χ1n) is 7.11. The average molecular weight is 296 g/mol. The summed E-state index contributed by atoms with van der Waals surface area (Å²) in [6.07, 6.45) is 3.32. The number of urea groups is 1. The summed E-state index contributed by atoms with van der Waals surface area (Å²) in [7, 11) is 0. The quantitative estimate of drug-likeness (QED) is 0.742. The van der Waals surface area contributed by atoms with Crippen molar-refractivity contribution < 1.29 is 19.2 Å². The summed E-state index contributed by atoms with van der Waals surface area (Å²) in [5.74, 6) is -0.0893. The van der Waals surface area contributed by atoms with Crippen LogP contribution in [0.1, 0.15) is 37.4 Å². The van der Waals surface area contributed by atoms with Gasteiger partial charge in [0.25, 0.3) is 0 Å². The number of aliphatic carboxylic acids is 1. The van der Waals surface area contributed by atoms with Gasteiger partial charge in [0.2, 0.25) is 5.89 Å². The summed E-state index contributed by atoms with van der Waals surface area (Å²) < 4.78 is 4.83. The number of nitrogens with one attached hydrogen (secondary N) is 2. The van der Waals surface area contributed by atoms with Gasteiger partial charge < -0.3 is 20.3 Å². The second-order valence-electron chi connectivity index (χ2n) is 5.28. The van der Waals surface area contributed by atoms with Gasteiger partial charge in [0.1, 0.15) is 0 Å². The molecule has 1 aliphatic rings. The van der Waals surface area contributed by atoms with E-state index in [4.69, 9.17) is 9.63 Å². The molecule has 116 valence electrons. The van der Waals surface area contributed by atoms with Crippen LogP contribution in [-0.4, -0.2) is 39.8 Å². The van der Waals surface area contributed by atoms with Gasteiger partial charge in [-0.15, -0.1) is 0 Å². The summed E-state index contributed by atoms with van der Waals surface area (Å²) in [6, 6.07) is -0.362. The monoisotopic (exact) mass is 296 g/mol. The minimum atomic E-state index is -0.783. The largest absolute Gasteiger partial charge is 0.481 e. The molecule has 3 N–H and O–H groups in total. The van der Waals surface area contributed by atoms with Crippen molar-refractivity contribution in [2.24, 2.45) is 5.92 Å². The van der Waals surface area contributed by atoms with Gasteiger partial charge in [-0.05, 0) is 19.3 Å². The molecule has 0 saturated heterocycles. The number of carboxylic acids is 1. The fourth-order valence-corrected chi connectivity index (χ4v) is 2.51. The Morgan fingerprint density at radius 1 is 1.43 bits per heavy atom. The Morgan fingerprint density at radius 2 is 2.24 bits per heavy atom. The van der Waals surface area contributed by atoms with Crippen LogP contribution in [-0.2, 0) is 11.2 Å². The Labute approximate surface area is 122 Å². The number of carbonyl (C=O) groups excluding carboxylic acids is 1. The maximum absolute atomic E-state index is 11.7. The van der Waals surface area contributed by atoms with Gasteiger partial charge in [-0.3, -0.25) is 4.79 Å². The zero-order valence-electron chi connectivity index (χ0n) is 12.0. The third-order valence-electron chi connectivity index (χ3n) is 3.56. The molecule has 8 heteroatoms. The summed E-state index contributed by atoms with van der Waals surface area (Å²) >= 11 is 0. The zero-order chi connectivity index (χ0) is 15.2. The topological polar surface area (TPSA) is 117 Å². The molecule has 0 aromatic carbocycles. The molecule has 1 aromatic rings. The van der Waals surface area contributed by atoms with Crippen molar-refractivity contribution in [3.8, 4) is 0 Å². The molecule has 2 unspecified atom stereocenters. The molecular weight excluding hydrogens is 276 g/mol. The Morgan fingerprint density at radius 3 is 2.90 bits per heavy atom. The van der Waals surface area contributed by atoms with Crippen LogP contribution in [0.3, 0.4) is 0 Å². The van der Waals surface area contributed by atoms with Crippen LogP contribution in [0, 0.1) is 12.8 Å². The van der Waals surface area contributed by atoms with E-state index < -0.39 is 5.97 Å². The Hall–Kier alpha value is -2.12. The first-order chi connectivity index (χ1) is 10.0. The molecule has 2 atom stereocenters. The van der Waals surface area contributed by atoms with Crippen molar-refractivity contribution in [2.45, 2.75) is 45.1 Å². The second kappa shape index (κ2) is 7.05. The molecule has 1 aliphatic carbocycles. The summed E-state index contributed by atoms with van der Waals surface area (Å²) in [6.45, 7) is 2.11. The normalized spacial score (nSPS) is 21.8. The highest BCUT2D eigenvalue weighted by atomic mass is 16.5. The number of aryl methyl sites for hydroxylation is 1. The third-order valence-corrected chi connectivity index (χ3v) is 3.56. The van der Waals surface area contributed by atoms with E-state index in [0.717, 1.165) is 12.8 Å². The number of hydrogen-bond acceptors (Lipinski definition) is 5. The molecule has 8 nitrogen and oxygen atoms in total. The van der Waals surface area contributed by atoms with Crippen LogP contribution in [0.5, 0.6) is 0 Å². The fraction of sp³-hybridized carbons (Fsp3) is 0.692. The van der Waals surface area contributed by atoms with Crippen molar-refractivity contribution >= 4 is 12.0 Å². The van der Waals surface area contributed by atoms with Gasteiger partial charge in [-0.25, -0.2) is 4.79 Å². The second-order valence-corrected chi connectivity index (χ2v) is 5.28. The first-order valence-corrected chi connectivity index (χ1v) is 7.11. The molecule has 1 fully saturated rings. The van der Waals surface area contributed by atoms with Crippen molar-refractivity contribution in [2.75, 3.05) is 6.54 Å². The van der Waals surface area contributed by atoms with Crippen LogP contribution in [0.2, 0.25) is 0 Å². The van der Waals surface area contributed by atoms with Crippen LogP contribution < -0.4 is 10.6 Å². The van der Waals surface area contributed by atoms with Gasteiger partial charge in [0.15, 0.2) is 5.82 Å². The van der Waals surface area contributed by atoms with Gasteiger partial charge in [0, 0.05) is 25.9 Å². The lowest BCUT2D eigenvalue weighted by Crippen LogP contribution is -2.45. The van der Waals surface area contributed by atoms with E-state index in [9.17, 15) is 9.59 Å². The van der Waals surface area contributed by atoms with Crippen LogP contribution in [0.15, 0.2) is 4.52 Å². The first kappa shape index (κ1) is 15.3. The number of rotatable bonds is 5. The number of hydrogen-bond donors (Lipinski definition) is 3. The predicted molar refractivity (Wildman–Crippen MR) is 72.7 cm³/mol. The van der Waals surface area contributed by atoms with Gasteiger partial charge in [-0.1, -0.05) is 11.6 Å². The lowest BCUT2D eigenvalue weighted by atomic mass is 9.86. The maximum atomic E-state index is 11.7. The molecule has 1 aromatic heterocycles. The van der Waals surface area contributed by atoms with Gasteiger partial charge in [0.05, 0.1) is 5.92 Å². The zero-order valence-corrected chi connectivity index (χ0v) is 12.0. The van der Waals surface area contributed by atoms with Crippen molar-refractivity contribution in [3.63, 3.8) is 0 Å². The van der Waals surface area contributed by atoms with Crippen LogP contribution in [0.4, 0.5) is 4.79 Å². The van der Waals surface area contributed by atoms with E-state index in [1.165, 1.54) is 0 Å². The average Bonchev–Trinajstić information content (AvgIpc) is 2.84. The van der Waals surface area contributed by atoms with E-state index in [-0.39, 0.29) is 18.0 Å². The van der Waals surface area contributed by atoms with E-state index >= 15 is 0 Å². The number of aromatic nitrogens is 2. The van der Waals surface area contributed by atoms with E-state index in [2.05, 4.69) is 20.8 Å². The van der Waals surface area contributed by atoms with Crippen molar-refractivity contribution in [1.29, 1.82) is 0 Å². The number of amides is 2. The standard InChI is InChI=1S/C13H20N4O4/c1-8-15-11(17-21-8)5-6-14-13(20)16-10-4-2-3-9(7-10)12(18)19/h9-10H,2-7H2,1H3,(H,18,19)(H2,14,16,20). The number of carbonyl (C=O) groups is 2. The summed E-state index contributed by atoms with van der Waals surface area (Å²) in [5.41, 5.74) is 0. The highest BCUT2D eigenvalue weighted by molar-refractivity contribution is 5.74. The minimum Gasteiger partial charge on any atom is -0.481 e. The molecule has 1 saturated carbocycles. The SMILES string of the molecule is Cc1nc(CCNC(=O)NC2CCCC(C(=O)O)C2)no1.